The van der Waals surface area contributed by atoms with Gasteiger partial charge in [0, 0.05) is 25.9 Å². The van der Waals surface area contributed by atoms with Crippen LogP contribution in [0.15, 0.2) is 0 Å². The normalized spacial score (nSPS) is 12.7. The number of primary amides is 1. The molecule has 0 fully saturated rings. The molecule has 0 radical (unpaired) electrons. The number of rotatable bonds is 16. The molecular formula is C16H26N4O10. The van der Waals surface area contributed by atoms with Gasteiger partial charge in [-0.1, -0.05) is 0 Å². The lowest BCUT2D eigenvalue weighted by molar-refractivity contribution is -0.152. The summed E-state index contributed by atoms with van der Waals surface area (Å²) in [7, 11) is 0. The van der Waals surface area contributed by atoms with Crippen LogP contribution in [0, 0.1) is 0 Å². The van der Waals surface area contributed by atoms with Crippen molar-refractivity contribution in [2.45, 2.75) is 37.8 Å². The number of nitrogens with zero attached hydrogens (tertiary/aromatic N) is 2. The average Bonchev–Trinajstić information content (AvgIpc) is 2.59. The molecule has 0 aromatic rings. The van der Waals surface area contributed by atoms with E-state index in [2.05, 4.69) is 0 Å². The molecular weight excluding hydrogens is 408 g/mol. The first-order valence-corrected chi connectivity index (χ1v) is 8.80. The topological polar surface area (TPSA) is 242 Å². The fourth-order valence-corrected chi connectivity index (χ4v) is 2.54. The Balaban J connectivity index is 5.49. The summed E-state index contributed by atoms with van der Waals surface area (Å²) >= 11 is 0. The van der Waals surface area contributed by atoms with Crippen LogP contribution in [0.4, 0.5) is 0 Å². The maximum absolute atomic E-state index is 12.6. The van der Waals surface area contributed by atoms with Gasteiger partial charge >= 0.3 is 23.9 Å². The number of carbonyl (C=O) groups excluding carboxylic acids is 2. The molecule has 2 amide bonds. The number of carbonyl (C=O) groups is 6. The lowest BCUT2D eigenvalue weighted by Gasteiger charge is -2.31. The van der Waals surface area contributed by atoms with E-state index < -0.39 is 67.3 Å². The number of nitrogens with two attached hydrogens (primary N) is 2. The molecule has 0 bridgehead atoms. The van der Waals surface area contributed by atoms with Gasteiger partial charge in [0.1, 0.15) is 12.1 Å². The molecule has 0 rings (SSSR count). The fourth-order valence-electron chi connectivity index (χ4n) is 2.54. The standard InChI is InChI=1S/C16H26N4O10/c17-9(15(27)28)1-4-12(22)20(10(16(29)30)2-3-11(18)21)6-5-19(7-13(23)24)8-14(25)26/h9-10H,1-8,17H2,(H2,18,21)(H,23,24)(H,25,26)(H,27,28)(H,29,30)/t9-,10-/m0/s1. The number of hydrogen-bond donors (Lipinski definition) is 6. The lowest BCUT2D eigenvalue weighted by atomic mass is 10.1. The molecule has 0 aliphatic carbocycles. The molecule has 0 aromatic heterocycles. The predicted octanol–water partition coefficient (Wildman–Crippen LogP) is -2.80. The molecule has 30 heavy (non-hydrogen) atoms. The summed E-state index contributed by atoms with van der Waals surface area (Å²) in [5.74, 6) is -7.08. The molecule has 0 spiro atoms. The van der Waals surface area contributed by atoms with Crippen LogP contribution in [0.1, 0.15) is 25.7 Å². The van der Waals surface area contributed by atoms with E-state index in [-0.39, 0.29) is 32.4 Å². The average molecular weight is 434 g/mol. The Morgan fingerprint density at radius 1 is 0.767 bits per heavy atom. The highest BCUT2D eigenvalue weighted by atomic mass is 16.4. The van der Waals surface area contributed by atoms with Crippen molar-refractivity contribution in [1.29, 1.82) is 0 Å². The van der Waals surface area contributed by atoms with E-state index in [1.807, 2.05) is 0 Å². The van der Waals surface area contributed by atoms with Crippen LogP contribution in [0.2, 0.25) is 0 Å². The Bertz CT molecular complexity index is 652. The van der Waals surface area contributed by atoms with Crippen molar-refractivity contribution in [2.75, 3.05) is 26.2 Å². The van der Waals surface area contributed by atoms with E-state index in [1.165, 1.54) is 0 Å². The minimum atomic E-state index is -1.51. The maximum atomic E-state index is 12.6. The first-order valence-electron chi connectivity index (χ1n) is 8.80. The molecule has 0 heterocycles. The molecule has 14 nitrogen and oxygen atoms in total. The summed E-state index contributed by atoms with van der Waals surface area (Å²) < 4.78 is 0. The summed E-state index contributed by atoms with van der Waals surface area (Å²) in [6.45, 7) is -2.01. The number of carboxylic acid groups (broad SMARTS) is 4. The third kappa shape index (κ3) is 10.9. The molecule has 8 N–H and O–H groups in total. The van der Waals surface area contributed by atoms with E-state index in [9.17, 15) is 33.9 Å². The van der Waals surface area contributed by atoms with Crippen molar-refractivity contribution in [3.8, 4) is 0 Å². The van der Waals surface area contributed by atoms with Gasteiger partial charge in [0.15, 0.2) is 0 Å². The highest BCUT2D eigenvalue weighted by Crippen LogP contribution is 2.12. The second-order valence-corrected chi connectivity index (χ2v) is 6.43. The first kappa shape index (κ1) is 26.7. The van der Waals surface area contributed by atoms with E-state index in [0.717, 1.165) is 9.80 Å². The van der Waals surface area contributed by atoms with Gasteiger partial charge < -0.3 is 36.8 Å². The molecule has 0 unspecified atom stereocenters. The molecule has 14 heteroatoms. The monoisotopic (exact) mass is 434 g/mol. The summed E-state index contributed by atoms with van der Waals surface area (Å²) in [4.78, 5) is 69.6. The zero-order valence-corrected chi connectivity index (χ0v) is 16.1. The second-order valence-electron chi connectivity index (χ2n) is 6.43. The molecule has 0 saturated heterocycles. The van der Waals surface area contributed by atoms with Crippen LogP contribution in [0.25, 0.3) is 0 Å². The SMILES string of the molecule is NC(=O)CC[C@@H](C(=O)O)N(CCN(CC(=O)O)CC(=O)O)C(=O)CC[C@H](N)C(=O)O. The van der Waals surface area contributed by atoms with Gasteiger partial charge in [0.25, 0.3) is 0 Å². The van der Waals surface area contributed by atoms with Gasteiger partial charge in [-0.3, -0.25) is 28.9 Å². The van der Waals surface area contributed by atoms with E-state index in [0.29, 0.717) is 0 Å². The van der Waals surface area contributed by atoms with E-state index in [4.69, 9.17) is 26.8 Å². The fraction of sp³-hybridized carbons (Fsp3) is 0.625. The predicted molar refractivity (Wildman–Crippen MR) is 98.1 cm³/mol. The minimum absolute atomic E-state index is 0.291. The van der Waals surface area contributed by atoms with Gasteiger partial charge in [-0.15, -0.1) is 0 Å². The van der Waals surface area contributed by atoms with E-state index in [1.54, 1.807) is 0 Å². The highest BCUT2D eigenvalue weighted by molar-refractivity contribution is 5.85. The molecule has 0 aliphatic rings. The third-order valence-corrected chi connectivity index (χ3v) is 4.01. The Kier molecular flexibility index (Phi) is 11.6. The van der Waals surface area contributed by atoms with Crippen LogP contribution in [-0.2, 0) is 28.8 Å². The van der Waals surface area contributed by atoms with Crippen molar-refractivity contribution in [2.24, 2.45) is 11.5 Å². The Morgan fingerprint density at radius 3 is 1.70 bits per heavy atom. The summed E-state index contributed by atoms with van der Waals surface area (Å²) in [6.07, 6.45) is -1.41. The van der Waals surface area contributed by atoms with E-state index >= 15 is 0 Å². The first-order chi connectivity index (χ1) is 13.8. The molecule has 2 atom stereocenters. The zero-order chi connectivity index (χ0) is 23.4. The Hall–Kier alpha value is -3.26. The molecule has 0 aliphatic heterocycles. The van der Waals surface area contributed by atoms with Crippen LogP contribution < -0.4 is 11.5 Å². The van der Waals surface area contributed by atoms with Crippen molar-refractivity contribution in [1.82, 2.24) is 9.80 Å². The van der Waals surface area contributed by atoms with Gasteiger partial charge in [0.2, 0.25) is 11.8 Å². The summed E-state index contributed by atoms with van der Waals surface area (Å²) in [5, 5.41) is 36.0. The number of carboxylic acids is 4. The summed E-state index contributed by atoms with van der Waals surface area (Å²) in [6, 6.07) is -2.87. The van der Waals surface area contributed by atoms with Crippen LogP contribution in [0.3, 0.4) is 0 Å². The Labute approximate surface area is 171 Å². The quantitative estimate of drug-likeness (QED) is 0.144. The van der Waals surface area contributed by atoms with Crippen LogP contribution in [-0.4, -0.2) is 104 Å². The molecule has 170 valence electrons. The Morgan fingerprint density at radius 2 is 1.30 bits per heavy atom. The van der Waals surface area contributed by atoms with Crippen molar-refractivity contribution >= 4 is 35.7 Å². The number of hydrogen-bond acceptors (Lipinski definition) is 8. The minimum Gasteiger partial charge on any atom is -0.480 e. The molecule has 0 aromatic carbocycles. The molecule has 0 saturated carbocycles. The number of aliphatic carboxylic acids is 4. The van der Waals surface area contributed by atoms with Gasteiger partial charge in [0.05, 0.1) is 13.1 Å². The van der Waals surface area contributed by atoms with Gasteiger partial charge in [-0.05, 0) is 12.8 Å². The third-order valence-electron chi connectivity index (χ3n) is 4.01. The number of amides is 2. The van der Waals surface area contributed by atoms with Crippen LogP contribution >= 0.6 is 0 Å². The van der Waals surface area contributed by atoms with Gasteiger partial charge in [-0.2, -0.15) is 0 Å². The van der Waals surface area contributed by atoms with Crippen molar-refractivity contribution < 1.29 is 49.2 Å². The smallest absolute Gasteiger partial charge is 0.326 e. The summed E-state index contributed by atoms with van der Waals surface area (Å²) in [5.41, 5.74) is 10.4. The van der Waals surface area contributed by atoms with Crippen molar-refractivity contribution in [3.05, 3.63) is 0 Å². The highest BCUT2D eigenvalue weighted by Gasteiger charge is 2.31. The maximum Gasteiger partial charge on any atom is 0.326 e. The van der Waals surface area contributed by atoms with Gasteiger partial charge in [-0.25, -0.2) is 4.79 Å². The zero-order valence-electron chi connectivity index (χ0n) is 16.1. The largest absolute Gasteiger partial charge is 0.480 e. The van der Waals surface area contributed by atoms with Crippen molar-refractivity contribution in [3.63, 3.8) is 0 Å². The second kappa shape index (κ2) is 13.1. The van der Waals surface area contributed by atoms with Crippen LogP contribution in [0.5, 0.6) is 0 Å². The lowest BCUT2D eigenvalue weighted by Crippen LogP contribution is -2.50.